The molecule has 0 saturated heterocycles. The molecule has 0 saturated carbocycles. The maximum Gasteiger partial charge on any atom is 0.342 e. The zero-order valence-electron chi connectivity index (χ0n) is 9.31. The fraction of sp³-hybridized carbons (Fsp3) is 0. The van der Waals surface area contributed by atoms with E-state index in [4.69, 9.17) is 0 Å². The van der Waals surface area contributed by atoms with Crippen molar-refractivity contribution >= 4 is 10.1 Å². The smallest absolute Gasteiger partial charge is 0.342 e. The van der Waals surface area contributed by atoms with Crippen molar-refractivity contribution in [2.24, 2.45) is 0 Å². The van der Waals surface area contributed by atoms with Gasteiger partial charge in [-0.15, -0.1) is 0 Å². The number of benzene rings is 2. The van der Waals surface area contributed by atoms with Gasteiger partial charge in [0.25, 0.3) is 0 Å². The van der Waals surface area contributed by atoms with Gasteiger partial charge in [-0.1, -0.05) is 12.1 Å². The Bertz CT molecular complexity index is 714. The minimum atomic E-state index is -4.52. The summed E-state index contributed by atoms with van der Waals surface area (Å²) in [6, 6.07) is 6.60. The summed E-state index contributed by atoms with van der Waals surface area (Å²) in [4.78, 5) is -0.723. The van der Waals surface area contributed by atoms with E-state index >= 15 is 0 Å². The molecular weight excluding hydrogens is 281 g/mol. The molecule has 2 rings (SSSR count). The summed E-state index contributed by atoms with van der Waals surface area (Å²) in [6.45, 7) is 0. The second-order valence-corrected chi connectivity index (χ2v) is 5.06. The van der Waals surface area contributed by atoms with Gasteiger partial charge in [0.2, 0.25) is 0 Å². The van der Waals surface area contributed by atoms with Crippen LogP contribution in [0, 0.1) is 17.5 Å². The van der Waals surface area contributed by atoms with Gasteiger partial charge in [0, 0.05) is 6.07 Å². The summed E-state index contributed by atoms with van der Waals surface area (Å²) in [5.74, 6) is -3.80. The second kappa shape index (κ2) is 4.93. The summed E-state index contributed by atoms with van der Waals surface area (Å²) in [6.07, 6.45) is 0. The first-order valence-electron chi connectivity index (χ1n) is 5.04. The van der Waals surface area contributed by atoms with Gasteiger partial charge in [-0.3, -0.25) is 0 Å². The summed E-state index contributed by atoms with van der Waals surface area (Å²) >= 11 is 0. The van der Waals surface area contributed by atoms with Crippen molar-refractivity contribution in [2.45, 2.75) is 4.90 Å². The van der Waals surface area contributed by atoms with E-state index in [2.05, 4.69) is 4.18 Å². The Kier molecular flexibility index (Phi) is 3.48. The molecular formula is C12H7F3O3S. The summed E-state index contributed by atoms with van der Waals surface area (Å²) in [5.41, 5.74) is 0. The molecule has 100 valence electrons. The highest BCUT2D eigenvalue weighted by atomic mass is 32.2. The zero-order chi connectivity index (χ0) is 14.0. The predicted molar refractivity (Wildman–Crippen MR) is 60.6 cm³/mol. The van der Waals surface area contributed by atoms with Gasteiger partial charge in [-0.2, -0.15) is 8.42 Å². The van der Waals surface area contributed by atoms with Gasteiger partial charge in [-0.25, -0.2) is 13.2 Å². The molecule has 0 unspecified atom stereocenters. The van der Waals surface area contributed by atoms with Gasteiger partial charge >= 0.3 is 10.1 Å². The quantitative estimate of drug-likeness (QED) is 0.816. The highest BCUT2D eigenvalue weighted by molar-refractivity contribution is 7.87. The van der Waals surface area contributed by atoms with Crippen molar-refractivity contribution < 1.29 is 25.8 Å². The van der Waals surface area contributed by atoms with E-state index < -0.39 is 38.2 Å². The van der Waals surface area contributed by atoms with Crippen molar-refractivity contribution in [1.82, 2.24) is 0 Å². The molecule has 0 aliphatic rings. The number of hydrogen-bond donors (Lipinski definition) is 0. The van der Waals surface area contributed by atoms with E-state index in [9.17, 15) is 21.6 Å². The van der Waals surface area contributed by atoms with E-state index in [0.29, 0.717) is 6.07 Å². The number of rotatable bonds is 3. The fourth-order valence-corrected chi connectivity index (χ4v) is 2.37. The normalized spacial score (nSPS) is 11.3. The lowest BCUT2D eigenvalue weighted by Gasteiger charge is -2.08. The largest absolute Gasteiger partial charge is 0.376 e. The molecule has 0 N–H and O–H groups in total. The Hall–Kier alpha value is -2.02. The third-order valence-electron chi connectivity index (χ3n) is 2.20. The lowest BCUT2D eigenvalue weighted by molar-refractivity contribution is 0.451. The van der Waals surface area contributed by atoms with Crippen molar-refractivity contribution in [3.63, 3.8) is 0 Å². The van der Waals surface area contributed by atoms with Crippen LogP contribution in [0.2, 0.25) is 0 Å². The SMILES string of the molecule is O=S(=O)(Oc1ccc(F)cc1F)c1ccccc1F. The average molecular weight is 288 g/mol. The first-order chi connectivity index (χ1) is 8.90. The molecule has 0 amide bonds. The monoisotopic (exact) mass is 288 g/mol. The molecule has 2 aromatic carbocycles. The van der Waals surface area contributed by atoms with Crippen LogP contribution in [0.1, 0.15) is 0 Å². The Morgan fingerprint density at radius 2 is 1.58 bits per heavy atom. The molecule has 0 radical (unpaired) electrons. The first kappa shape index (κ1) is 13.4. The molecule has 0 fully saturated rings. The van der Waals surface area contributed by atoms with Crippen LogP contribution in [0.5, 0.6) is 5.75 Å². The zero-order valence-corrected chi connectivity index (χ0v) is 10.1. The summed E-state index contributed by atoms with van der Waals surface area (Å²) in [7, 11) is -4.52. The van der Waals surface area contributed by atoms with Gasteiger partial charge < -0.3 is 4.18 Å². The molecule has 2 aromatic rings. The number of halogens is 3. The van der Waals surface area contributed by atoms with Crippen LogP contribution in [-0.4, -0.2) is 8.42 Å². The maximum atomic E-state index is 13.3. The highest BCUT2D eigenvalue weighted by Crippen LogP contribution is 2.23. The molecule has 0 aromatic heterocycles. The van der Waals surface area contributed by atoms with Crippen LogP contribution >= 0.6 is 0 Å². The third-order valence-corrected chi connectivity index (χ3v) is 3.47. The standard InChI is InChI=1S/C12H7F3O3S/c13-8-5-6-11(10(15)7-8)18-19(16,17)12-4-2-1-3-9(12)14/h1-7H. The topological polar surface area (TPSA) is 43.4 Å². The Labute approximate surface area is 107 Å². The second-order valence-electron chi connectivity index (χ2n) is 3.54. The van der Waals surface area contributed by atoms with E-state index in [0.717, 1.165) is 24.3 Å². The Morgan fingerprint density at radius 1 is 0.895 bits per heavy atom. The van der Waals surface area contributed by atoms with Gasteiger partial charge in [0.15, 0.2) is 11.6 Å². The molecule has 7 heteroatoms. The average Bonchev–Trinajstić information content (AvgIpc) is 2.33. The van der Waals surface area contributed by atoms with Crippen molar-refractivity contribution in [3.05, 3.63) is 59.9 Å². The Morgan fingerprint density at radius 3 is 2.21 bits per heavy atom. The van der Waals surface area contributed by atoms with Crippen LogP contribution < -0.4 is 4.18 Å². The van der Waals surface area contributed by atoms with Crippen LogP contribution in [0.3, 0.4) is 0 Å². The minimum absolute atomic E-state index is 0.464. The lowest BCUT2D eigenvalue weighted by atomic mass is 10.3. The van der Waals surface area contributed by atoms with Crippen molar-refractivity contribution in [2.75, 3.05) is 0 Å². The van der Waals surface area contributed by atoms with E-state index in [1.54, 1.807) is 0 Å². The number of hydrogen-bond acceptors (Lipinski definition) is 3. The Balaban J connectivity index is 2.40. The van der Waals surface area contributed by atoms with E-state index in [1.807, 2.05) is 0 Å². The van der Waals surface area contributed by atoms with Crippen molar-refractivity contribution in [1.29, 1.82) is 0 Å². The maximum absolute atomic E-state index is 13.3. The van der Waals surface area contributed by atoms with Crippen LogP contribution in [0.25, 0.3) is 0 Å². The molecule has 0 bridgehead atoms. The van der Waals surface area contributed by atoms with Crippen LogP contribution in [0.4, 0.5) is 13.2 Å². The molecule has 19 heavy (non-hydrogen) atoms. The first-order valence-corrected chi connectivity index (χ1v) is 6.45. The minimum Gasteiger partial charge on any atom is -0.376 e. The van der Waals surface area contributed by atoms with Gasteiger partial charge in [0.1, 0.15) is 16.5 Å². The third kappa shape index (κ3) is 2.87. The molecule has 0 heterocycles. The molecule has 0 atom stereocenters. The van der Waals surface area contributed by atoms with E-state index in [-0.39, 0.29) is 0 Å². The molecule has 0 spiro atoms. The lowest BCUT2D eigenvalue weighted by Crippen LogP contribution is -2.12. The molecule has 0 aliphatic heterocycles. The van der Waals surface area contributed by atoms with Crippen molar-refractivity contribution in [3.8, 4) is 5.75 Å². The highest BCUT2D eigenvalue weighted by Gasteiger charge is 2.22. The molecule has 0 aliphatic carbocycles. The van der Waals surface area contributed by atoms with Crippen LogP contribution in [-0.2, 0) is 10.1 Å². The summed E-state index contributed by atoms with van der Waals surface area (Å²) < 4.78 is 67.2. The fourth-order valence-electron chi connectivity index (χ4n) is 1.35. The van der Waals surface area contributed by atoms with Gasteiger partial charge in [-0.05, 0) is 24.3 Å². The molecule has 3 nitrogen and oxygen atoms in total. The van der Waals surface area contributed by atoms with E-state index in [1.165, 1.54) is 12.1 Å². The van der Waals surface area contributed by atoms with Gasteiger partial charge in [0.05, 0.1) is 0 Å². The predicted octanol–water partition coefficient (Wildman–Crippen LogP) is 2.87. The van der Waals surface area contributed by atoms with Crippen LogP contribution in [0.15, 0.2) is 47.4 Å². The summed E-state index contributed by atoms with van der Waals surface area (Å²) in [5, 5.41) is 0.